The minimum atomic E-state index is -0.0277. The summed E-state index contributed by atoms with van der Waals surface area (Å²) in [4.78, 5) is 14.1. The molecule has 1 amide bonds. The van der Waals surface area contributed by atoms with E-state index in [-0.39, 0.29) is 18.1 Å². The molecule has 4 nitrogen and oxygen atoms in total. The Bertz CT molecular complexity index is 653. The van der Waals surface area contributed by atoms with Crippen LogP contribution in [0, 0.1) is 0 Å². The lowest BCUT2D eigenvalue weighted by atomic mass is 10.1. The fraction of sp³-hybridized carbons (Fsp3) is 0.316. The van der Waals surface area contributed by atoms with E-state index in [2.05, 4.69) is 34.5 Å². The van der Waals surface area contributed by atoms with Gasteiger partial charge >= 0.3 is 0 Å². The largest absolute Gasteiger partial charge is 0.508 e. The molecule has 2 aromatic carbocycles. The van der Waals surface area contributed by atoms with Crippen molar-refractivity contribution in [2.75, 3.05) is 20.6 Å². The van der Waals surface area contributed by atoms with Crippen molar-refractivity contribution in [2.24, 2.45) is 0 Å². The molecule has 0 unspecified atom stereocenters. The van der Waals surface area contributed by atoms with Crippen LogP contribution in [0.3, 0.4) is 0 Å². The third kappa shape index (κ3) is 6.12. The molecule has 2 aromatic rings. The van der Waals surface area contributed by atoms with E-state index in [9.17, 15) is 9.90 Å². The predicted molar refractivity (Wildman–Crippen MR) is 92.4 cm³/mol. The Hall–Kier alpha value is -2.33. The van der Waals surface area contributed by atoms with Crippen LogP contribution in [0.1, 0.15) is 16.7 Å². The number of amides is 1. The normalized spacial score (nSPS) is 10.7. The summed E-state index contributed by atoms with van der Waals surface area (Å²) in [5.74, 6) is 0.160. The van der Waals surface area contributed by atoms with E-state index in [0.717, 1.165) is 18.5 Å². The molecule has 0 aliphatic carbocycles. The first-order valence-corrected chi connectivity index (χ1v) is 7.80. The standard InChI is InChI=1S/C19H24N2O2/c1-21(2)14-17-7-3-5-15(11-17)9-10-20-19(23)13-16-6-4-8-18(22)12-16/h3-8,11-12,22H,9-10,13-14H2,1-2H3,(H,20,23). The van der Waals surface area contributed by atoms with E-state index < -0.39 is 0 Å². The zero-order valence-corrected chi connectivity index (χ0v) is 13.7. The van der Waals surface area contributed by atoms with E-state index in [1.165, 1.54) is 11.1 Å². The topological polar surface area (TPSA) is 52.6 Å². The first-order chi connectivity index (χ1) is 11.0. The zero-order chi connectivity index (χ0) is 16.7. The Morgan fingerprint density at radius 3 is 2.48 bits per heavy atom. The molecule has 0 saturated carbocycles. The van der Waals surface area contributed by atoms with Crippen LogP contribution in [0.4, 0.5) is 0 Å². The smallest absolute Gasteiger partial charge is 0.224 e. The minimum Gasteiger partial charge on any atom is -0.508 e. The van der Waals surface area contributed by atoms with Crippen molar-refractivity contribution in [2.45, 2.75) is 19.4 Å². The lowest BCUT2D eigenvalue weighted by molar-refractivity contribution is -0.120. The summed E-state index contributed by atoms with van der Waals surface area (Å²) >= 11 is 0. The molecule has 4 heteroatoms. The van der Waals surface area contributed by atoms with Gasteiger partial charge in [-0.3, -0.25) is 4.79 Å². The first-order valence-electron chi connectivity index (χ1n) is 7.80. The second-order valence-corrected chi connectivity index (χ2v) is 6.00. The Balaban J connectivity index is 1.79. The molecule has 0 aliphatic rings. The van der Waals surface area contributed by atoms with Gasteiger partial charge in [-0.25, -0.2) is 0 Å². The van der Waals surface area contributed by atoms with Gasteiger partial charge in [0.1, 0.15) is 5.75 Å². The SMILES string of the molecule is CN(C)Cc1cccc(CCNC(=O)Cc2cccc(O)c2)c1. The number of hydrogen-bond acceptors (Lipinski definition) is 3. The summed E-state index contributed by atoms with van der Waals surface area (Å²) in [5, 5.41) is 12.3. The van der Waals surface area contributed by atoms with Gasteiger partial charge in [0.25, 0.3) is 0 Å². The van der Waals surface area contributed by atoms with Gasteiger partial charge in [0.15, 0.2) is 0 Å². The van der Waals surface area contributed by atoms with Gasteiger partial charge < -0.3 is 15.3 Å². The Kier molecular flexibility index (Phi) is 6.18. The van der Waals surface area contributed by atoms with Crippen molar-refractivity contribution in [1.29, 1.82) is 0 Å². The number of nitrogens with zero attached hydrogens (tertiary/aromatic N) is 1. The van der Waals surface area contributed by atoms with Crippen molar-refractivity contribution < 1.29 is 9.90 Å². The maximum atomic E-state index is 11.9. The second-order valence-electron chi connectivity index (χ2n) is 6.00. The van der Waals surface area contributed by atoms with Crippen LogP contribution in [0.25, 0.3) is 0 Å². The summed E-state index contributed by atoms with van der Waals surface area (Å²) in [6, 6.07) is 15.2. The highest BCUT2D eigenvalue weighted by molar-refractivity contribution is 5.78. The molecule has 0 spiro atoms. The third-order valence-electron chi connectivity index (χ3n) is 3.50. The molecule has 23 heavy (non-hydrogen) atoms. The molecular formula is C19H24N2O2. The predicted octanol–water partition coefficient (Wildman–Crippen LogP) is 2.36. The highest BCUT2D eigenvalue weighted by Crippen LogP contribution is 2.11. The zero-order valence-electron chi connectivity index (χ0n) is 13.7. The summed E-state index contributed by atoms with van der Waals surface area (Å²) in [5.41, 5.74) is 3.32. The van der Waals surface area contributed by atoms with Crippen molar-refractivity contribution in [3.63, 3.8) is 0 Å². The molecule has 0 aromatic heterocycles. The van der Waals surface area contributed by atoms with Crippen LogP contribution in [0.15, 0.2) is 48.5 Å². The summed E-state index contributed by atoms with van der Waals surface area (Å²) in [6.07, 6.45) is 1.10. The Morgan fingerprint density at radius 1 is 1.04 bits per heavy atom. The van der Waals surface area contributed by atoms with E-state index in [1.807, 2.05) is 20.2 Å². The summed E-state index contributed by atoms with van der Waals surface area (Å²) in [6.45, 7) is 1.53. The average molecular weight is 312 g/mol. The third-order valence-corrected chi connectivity index (χ3v) is 3.50. The van der Waals surface area contributed by atoms with Crippen LogP contribution < -0.4 is 5.32 Å². The average Bonchev–Trinajstić information content (AvgIpc) is 2.47. The molecule has 0 radical (unpaired) electrons. The van der Waals surface area contributed by atoms with E-state index in [4.69, 9.17) is 0 Å². The Labute approximate surface area is 137 Å². The number of hydrogen-bond donors (Lipinski definition) is 2. The van der Waals surface area contributed by atoms with Crippen molar-refractivity contribution in [3.05, 3.63) is 65.2 Å². The number of benzene rings is 2. The minimum absolute atomic E-state index is 0.0277. The maximum absolute atomic E-state index is 11.9. The van der Waals surface area contributed by atoms with E-state index >= 15 is 0 Å². The van der Waals surface area contributed by atoms with Gasteiger partial charge in [-0.1, -0.05) is 36.4 Å². The van der Waals surface area contributed by atoms with Crippen LogP contribution >= 0.6 is 0 Å². The molecular weight excluding hydrogens is 288 g/mol. The number of nitrogens with one attached hydrogen (secondary N) is 1. The van der Waals surface area contributed by atoms with E-state index in [1.54, 1.807) is 18.2 Å². The monoisotopic (exact) mass is 312 g/mol. The van der Waals surface area contributed by atoms with E-state index in [0.29, 0.717) is 6.54 Å². The molecule has 0 saturated heterocycles. The Morgan fingerprint density at radius 2 is 1.74 bits per heavy atom. The highest BCUT2D eigenvalue weighted by atomic mass is 16.3. The molecule has 2 rings (SSSR count). The number of phenols is 1. The number of carbonyl (C=O) groups excluding carboxylic acids is 1. The molecule has 0 bridgehead atoms. The number of carbonyl (C=O) groups is 1. The first kappa shape index (κ1) is 17.0. The number of rotatable bonds is 7. The fourth-order valence-electron chi connectivity index (χ4n) is 2.51. The van der Waals surface area contributed by atoms with Crippen LogP contribution in [-0.4, -0.2) is 36.6 Å². The van der Waals surface area contributed by atoms with Gasteiger partial charge in [-0.2, -0.15) is 0 Å². The van der Waals surface area contributed by atoms with Crippen molar-refractivity contribution in [3.8, 4) is 5.75 Å². The van der Waals surface area contributed by atoms with Crippen LogP contribution in [-0.2, 0) is 24.2 Å². The summed E-state index contributed by atoms with van der Waals surface area (Å²) < 4.78 is 0. The van der Waals surface area contributed by atoms with Crippen LogP contribution in [0.2, 0.25) is 0 Å². The second kappa shape index (κ2) is 8.34. The van der Waals surface area contributed by atoms with Crippen molar-refractivity contribution in [1.82, 2.24) is 10.2 Å². The molecule has 0 atom stereocenters. The van der Waals surface area contributed by atoms with Gasteiger partial charge in [0, 0.05) is 13.1 Å². The van der Waals surface area contributed by atoms with Gasteiger partial charge in [-0.15, -0.1) is 0 Å². The molecule has 0 aliphatic heterocycles. The molecule has 2 N–H and O–H groups in total. The highest BCUT2D eigenvalue weighted by Gasteiger charge is 2.04. The molecule has 0 heterocycles. The maximum Gasteiger partial charge on any atom is 0.224 e. The fourth-order valence-corrected chi connectivity index (χ4v) is 2.51. The van der Waals surface area contributed by atoms with Crippen molar-refractivity contribution >= 4 is 5.91 Å². The van der Waals surface area contributed by atoms with Gasteiger partial charge in [0.05, 0.1) is 6.42 Å². The quantitative estimate of drug-likeness (QED) is 0.825. The number of phenolic OH excluding ortho intramolecular Hbond substituents is 1. The van der Waals surface area contributed by atoms with Crippen LogP contribution in [0.5, 0.6) is 5.75 Å². The number of aromatic hydroxyl groups is 1. The lowest BCUT2D eigenvalue weighted by Crippen LogP contribution is -2.27. The lowest BCUT2D eigenvalue weighted by Gasteiger charge is -2.11. The molecule has 0 fully saturated rings. The molecule has 122 valence electrons. The van der Waals surface area contributed by atoms with Gasteiger partial charge in [0.2, 0.25) is 5.91 Å². The van der Waals surface area contributed by atoms with Gasteiger partial charge in [-0.05, 0) is 49.3 Å². The summed E-state index contributed by atoms with van der Waals surface area (Å²) in [7, 11) is 4.10.